The molecule has 0 fully saturated rings. The number of halogens is 1. The highest BCUT2D eigenvalue weighted by Gasteiger charge is 2.24. The lowest BCUT2D eigenvalue weighted by atomic mass is 10.2. The first-order chi connectivity index (χ1) is 7.35. The molecular formula is C8H8FNO5S. The number of nitro groups is 1. The molecule has 6 nitrogen and oxygen atoms in total. The van der Waals surface area contributed by atoms with Gasteiger partial charge in [-0.15, -0.1) is 3.89 Å². The van der Waals surface area contributed by atoms with E-state index in [-0.39, 0.29) is 11.3 Å². The van der Waals surface area contributed by atoms with Crippen molar-refractivity contribution >= 4 is 15.9 Å². The average molecular weight is 249 g/mol. The van der Waals surface area contributed by atoms with Crippen molar-refractivity contribution < 1.29 is 22.0 Å². The van der Waals surface area contributed by atoms with Gasteiger partial charge in [-0.3, -0.25) is 10.1 Å². The number of nitrogens with zero attached hydrogens (tertiary/aromatic N) is 1. The molecule has 0 saturated heterocycles. The minimum atomic E-state index is -4.82. The van der Waals surface area contributed by atoms with E-state index in [1.54, 1.807) is 0 Å². The zero-order chi connectivity index (χ0) is 12.3. The first kappa shape index (κ1) is 12.4. The lowest BCUT2D eigenvalue weighted by Crippen LogP contribution is -2.03. The zero-order valence-electron chi connectivity index (χ0n) is 8.21. The minimum Gasteiger partial charge on any atom is -0.490 e. The Balaban J connectivity index is 3.33. The summed E-state index contributed by atoms with van der Waals surface area (Å²) in [6, 6.07) is 3.82. The van der Waals surface area contributed by atoms with E-state index in [2.05, 4.69) is 0 Å². The Morgan fingerprint density at radius 1 is 1.50 bits per heavy atom. The topological polar surface area (TPSA) is 86.5 Å². The molecule has 0 bridgehead atoms. The number of benzene rings is 1. The molecule has 8 heteroatoms. The van der Waals surface area contributed by atoms with Crippen LogP contribution < -0.4 is 4.74 Å². The summed E-state index contributed by atoms with van der Waals surface area (Å²) in [6.07, 6.45) is 0. The molecule has 0 heterocycles. The average Bonchev–Trinajstić information content (AvgIpc) is 2.14. The molecule has 0 saturated carbocycles. The van der Waals surface area contributed by atoms with Gasteiger partial charge in [0.25, 0.3) is 0 Å². The molecule has 0 aliphatic carbocycles. The van der Waals surface area contributed by atoms with Gasteiger partial charge in [-0.05, 0) is 6.07 Å². The second-order valence-electron chi connectivity index (χ2n) is 2.91. The summed E-state index contributed by atoms with van der Waals surface area (Å²) >= 11 is 0. The summed E-state index contributed by atoms with van der Waals surface area (Å²) in [7, 11) is -3.61. The molecular weight excluding hydrogens is 241 g/mol. The Morgan fingerprint density at radius 3 is 2.56 bits per heavy atom. The van der Waals surface area contributed by atoms with E-state index < -0.39 is 26.6 Å². The summed E-state index contributed by atoms with van der Waals surface area (Å²) in [6.45, 7) is 0. The maximum atomic E-state index is 12.5. The Kier molecular flexibility index (Phi) is 3.43. The van der Waals surface area contributed by atoms with Crippen molar-refractivity contribution in [1.82, 2.24) is 0 Å². The zero-order valence-corrected chi connectivity index (χ0v) is 9.03. The first-order valence-electron chi connectivity index (χ1n) is 4.08. The molecule has 0 spiro atoms. The lowest BCUT2D eigenvalue weighted by molar-refractivity contribution is -0.386. The second-order valence-corrected chi connectivity index (χ2v) is 4.27. The summed E-state index contributed by atoms with van der Waals surface area (Å²) < 4.78 is 38.1. The van der Waals surface area contributed by atoms with Gasteiger partial charge in [-0.1, -0.05) is 12.1 Å². The van der Waals surface area contributed by atoms with E-state index in [9.17, 15) is 22.4 Å². The third-order valence-corrected chi connectivity index (χ3v) is 2.47. The summed E-state index contributed by atoms with van der Waals surface area (Å²) in [5.41, 5.74) is -0.780. The molecule has 0 amide bonds. The van der Waals surface area contributed by atoms with E-state index in [1.807, 2.05) is 0 Å². The fourth-order valence-corrected chi connectivity index (χ4v) is 1.85. The molecule has 0 aliphatic heterocycles. The van der Waals surface area contributed by atoms with Crippen LogP contribution in [0.15, 0.2) is 18.2 Å². The molecule has 0 unspecified atom stereocenters. The van der Waals surface area contributed by atoms with Crippen molar-refractivity contribution in [3.8, 4) is 5.75 Å². The van der Waals surface area contributed by atoms with Crippen LogP contribution in [0.3, 0.4) is 0 Å². The van der Waals surface area contributed by atoms with Crippen LogP contribution in [0.1, 0.15) is 5.56 Å². The second kappa shape index (κ2) is 4.44. The predicted octanol–water partition coefficient (Wildman–Crippen LogP) is 1.40. The van der Waals surface area contributed by atoms with Crippen molar-refractivity contribution in [3.05, 3.63) is 33.9 Å². The largest absolute Gasteiger partial charge is 0.490 e. The molecule has 0 radical (unpaired) electrons. The highest BCUT2D eigenvalue weighted by Crippen LogP contribution is 2.31. The van der Waals surface area contributed by atoms with Crippen LogP contribution in [-0.2, 0) is 16.0 Å². The standard InChI is InChI=1S/C8H8FNO5S/c1-15-7-4-2-3-6(5-16(9,13)14)8(7)10(11)12/h2-4H,5H2,1H3. The van der Waals surface area contributed by atoms with Gasteiger partial charge in [-0.2, -0.15) is 8.42 Å². The molecule has 16 heavy (non-hydrogen) atoms. The van der Waals surface area contributed by atoms with E-state index in [0.717, 1.165) is 6.07 Å². The van der Waals surface area contributed by atoms with E-state index in [0.29, 0.717) is 0 Å². The third-order valence-electron chi connectivity index (χ3n) is 1.81. The van der Waals surface area contributed by atoms with Crippen LogP contribution in [0.4, 0.5) is 9.57 Å². The SMILES string of the molecule is COc1cccc(CS(=O)(=O)F)c1[N+](=O)[O-]. The van der Waals surface area contributed by atoms with Gasteiger partial charge in [0.05, 0.1) is 17.6 Å². The maximum absolute atomic E-state index is 12.5. The van der Waals surface area contributed by atoms with E-state index >= 15 is 0 Å². The lowest BCUT2D eigenvalue weighted by Gasteiger charge is -2.04. The monoisotopic (exact) mass is 249 g/mol. The Bertz CT molecular complexity index is 513. The van der Waals surface area contributed by atoms with Crippen LogP contribution in [0.5, 0.6) is 5.75 Å². The van der Waals surface area contributed by atoms with Crippen molar-refractivity contribution in [2.45, 2.75) is 5.75 Å². The van der Waals surface area contributed by atoms with Crippen molar-refractivity contribution in [2.24, 2.45) is 0 Å². The van der Waals surface area contributed by atoms with Crippen molar-refractivity contribution in [1.29, 1.82) is 0 Å². The number of methoxy groups -OCH3 is 1. The Morgan fingerprint density at radius 2 is 2.12 bits per heavy atom. The minimum absolute atomic E-state index is 0.105. The van der Waals surface area contributed by atoms with Gasteiger partial charge in [0.15, 0.2) is 5.75 Å². The fourth-order valence-electron chi connectivity index (χ4n) is 1.24. The van der Waals surface area contributed by atoms with Crippen LogP contribution in [0.25, 0.3) is 0 Å². The number of hydrogen-bond acceptors (Lipinski definition) is 5. The van der Waals surface area contributed by atoms with Gasteiger partial charge in [0.2, 0.25) is 0 Å². The molecule has 1 aromatic rings. The normalized spacial score (nSPS) is 11.1. The van der Waals surface area contributed by atoms with Crippen LogP contribution >= 0.6 is 0 Å². The van der Waals surface area contributed by atoms with Gasteiger partial charge < -0.3 is 4.74 Å². The summed E-state index contributed by atoms with van der Waals surface area (Å²) in [5.74, 6) is -1.15. The van der Waals surface area contributed by atoms with Gasteiger partial charge in [-0.25, -0.2) is 0 Å². The number of rotatable bonds is 4. The van der Waals surface area contributed by atoms with Crippen molar-refractivity contribution in [3.63, 3.8) is 0 Å². The van der Waals surface area contributed by atoms with Crippen molar-refractivity contribution in [2.75, 3.05) is 7.11 Å². The summed E-state index contributed by atoms with van der Waals surface area (Å²) in [4.78, 5) is 9.89. The molecule has 0 aliphatic rings. The smallest absolute Gasteiger partial charge is 0.315 e. The third kappa shape index (κ3) is 2.89. The Labute approximate surface area is 91.0 Å². The van der Waals surface area contributed by atoms with Gasteiger partial charge >= 0.3 is 15.9 Å². The molecule has 0 aromatic heterocycles. The molecule has 1 aromatic carbocycles. The summed E-state index contributed by atoms with van der Waals surface area (Å²) in [5, 5.41) is 10.7. The molecule has 0 N–H and O–H groups in total. The predicted molar refractivity (Wildman–Crippen MR) is 53.4 cm³/mol. The van der Waals surface area contributed by atoms with Gasteiger partial charge in [0.1, 0.15) is 5.75 Å². The Hall–Kier alpha value is -1.70. The van der Waals surface area contributed by atoms with Crippen LogP contribution in [-0.4, -0.2) is 20.5 Å². The molecule has 1 rings (SSSR count). The van der Waals surface area contributed by atoms with E-state index in [1.165, 1.54) is 19.2 Å². The van der Waals surface area contributed by atoms with E-state index in [4.69, 9.17) is 4.74 Å². The number of nitro benzene ring substituents is 1. The van der Waals surface area contributed by atoms with Crippen LogP contribution in [0.2, 0.25) is 0 Å². The molecule has 88 valence electrons. The highest BCUT2D eigenvalue weighted by atomic mass is 32.3. The van der Waals surface area contributed by atoms with Crippen LogP contribution in [0, 0.1) is 10.1 Å². The highest BCUT2D eigenvalue weighted by molar-refractivity contribution is 7.85. The molecule has 0 atom stereocenters. The number of ether oxygens (including phenoxy) is 1. The quantitative estimate of drug-likeness (QED) is 0.457. The first-order valence-corrected chi connectivity index (χ1v) is 5.63. The number of para-hydroxylation sites is 1. The fraction of sp³-hybridized carbons (Fsp3) is 0.250. The number of hydrogen-bond donors (Lipinski definition) is 0. The van der Waals surface area contributed by atoms with Gasteiger partial charge in [0, 0.05) is 0 Å². The maximum Gasteiger partial charge on any atom is 0.315 e.